The molecule has 0 aliphatic carbocycles. The van der Waals surface area contributed by atoms with Gasteiger partial charge < -0.3 is 5.32 Å². The molecule has 0 saturated carbocycles. The molecule has 0 atom stereocenters. The molecule has 0 spiro atoms. The number of carbonyl (C=O) groups excluding carboxylic acids is 1. The second kappa shape index (κ2) is 8.30. The highest BCUT2D eigenvalue weighted by molar-refractivity contribution is 6.02. The van der Waals surface area contributed by atoms with E-state index in [0.717, 1.165) is 23.3 Å². The summed E-state index contributed by atoms with van der Waals surface area (Å²) >= 11 is 0. The lowest BCUT2D eigenvalue weighted by atomic mass is 10.00. The number of rotatable bonds is 6. The minimum Gasteiger partial charge on any atom is -0.380 e. The SMILES string of the molecule is Cc1cccc(CNc2ccccc2C(=O)Cc2cccc(C(F)(F)F)c2)c1. The lowest BCUT2D eigenvalue weighted by molar-refractivity contribution is -0.137. The van der Waals surface area contributed by atoms with E-state index in [-0.39, 0.29) is 12.2 Å². The van der Waals surface area contributed by atoms with E-state index in [1.807, 2.05) is 31.2 Å². The summed E-state index contributed by atoms with van der Waals surface area (Å²) in [6.45, 7) is 2.56. The molecule has 2 nitrogen and oxygen atoms in total. The van der Waals surface area contributed by atoms with E-state index in [2.05, 4.69) is 11.4 Å². The number of anilines is 1. The molecule has 5 heteroatoms. The molecule has 0 bridgehead atoms. The number of benzene rings is 3. The Morgan fingerprint density at radius 3 is 2.36 bits per heavy atom. The molecule has 28 heavy (non-hydrogen) atoms. The molecule has 0 radical (unpaired) electrons. The van der Waals surface area contributed by atoms with Crippen LogP contribution in [0.1, 0.15) is 32.6 Å². The van der Waals surface area contributed by atoms with Crippen LogP contribution in [-0.4, -0.2) is 5.78 Å². The fourth-order valence-electron chi connectivity index (χ4n) is 3.04. The number of aryl methyl sites for hydroxylation is 1. The highest BCUT2D eigenvalue weighted by Gasteiger charge is 2.30. The highest BCUT2D eigenvalue weighted by Crippen LogP contribution is 2.30. The minimum atomic E-state index is -4.42. The van der Waals surface area contributed by atoms with Crippen molar-refractivity contribution in [1.29, 1.82) is 0 Å². The van der Waals surface area contributed by atoms with Gasteiger partial charge in [-0.15, -0.1) is 0 Å². The molecule has 3 aromatic rings. The largest absolute Gasteiger partial charge is 0.416 e. The molecule has 0 saturated heterocycles. The number of ketones is 1. The molecule has 0 unspecified atom stereocenters. The zero-order valence-electron chi connectivity index (χ0n) is 15.4. The van der Waals surface area contributed by atoms with Gasteiger partial charge in [0.05, 0.1) is 5.56 Å². The molecule has 0 amide bonds. The van der Waals surface area contributed by atoms with Gasteiger partial charge in [0, 0.05) is 24.2 Å². The third-order valence-corrected chi connectivity index (χ3v) is 4.41. The second-order valence-corrected chi connectivity index (χ2v) is 6.69. The summed E-state index contributed by atoms with van der Waals surface area (Å²) in [4.78, 5) is 12.7. The van der Waals surface area contributed by atoms with Crippen LogP contribution in [0.3, 0.4) is 0 Å². The average molecular weight is 383 g/mol. The molecular formula is C23H20F3NO. The van der Waals surface area contributed by atoms with Crippen LogP contribution in [-0.2, 0) is 19.1 Å². The number of nitrogens with one attached hydrogen (secondary N) is 1. The lowest BCUT2D eigenvalue weighted by Gasteiger charge is -2.13. The summed E-state index contributed by atoms with van der Waals surface area (Å²) in [7, 11) is 0. The first-order valence-corrected chi connectivity index (χ1v) is 8.91. The fourth-order valence-corrected chi connectivity index (χ4v) is 3.04. The van der Waals surface area contributed by atoms with E-state index >= 15 is 0 Å². The van der Waals surface area contributed by atoms with Crippen molar-refractivity contribution in [1.82, 2.24) is 0 Å². The number of hydrogen-bond acceptors (Lipinski definition) is 2. The van der Waals surface area contributed by atoms with Gasteiger partial charge in [-0.05, 0) is 36.2 Å². The van der Waals surface area contributed by atoms with E-state index in [1.165, 1.54) is 12.1 Å². The normalized spacial score (nSPS) is 11.3. The van der Waals surface area contributed by atoms with Crippen LogP contribution in [0.15, 0.2) is 72.8 Å². The van der Waals surface area contributed by atoms with E-state index in [4.69, 9.17) is 0 Å². The number of Topliss-reactive ketones (excluding diaryl/α,β-unsaturated/α-hetero) is 1. The third kappa shape index (κ3) is 5.00. The van der Waals surface area contributed by atoms with Crippen molar-refractivity contribution in [2.75, 3.05) is 5.32 Å². The van der Waals surface area contributed by atoms with Gasteiger partial charge in [0.25, 0.3) is 0 Å². The first kappa shape index (κ1) is 19.7. The smallest absolute Gasteiger partial charge is 0.380 e. The average Bonchev–Trinajstić information content (AvgIpc) is 2.66. The quantitative estimate of drug-likeness (QED) is 0.525. The second-order valence-electron chi connectivity index (χ2n) is 6.69. The van der Waals surface area contributed by atoms with Crippen LogP contribution in [0, 0.1) is 6.92 Å². The van der Waals surface area contributed by atoms with Crippen molar-refractivity contribution in [3.63, 3.8) is 0 Å². The maximum Gasteiger partial charge on any atom is 0.416 e. The maximum atomic E-state index is 12.9. The van der Waals surface area contributed by atoms with Crippen molar-refractivity contribution >= 4 is 11.5 Å². The summed E-state index contributed by atoms with van der Waals surface area (Å²) < 4.78 is 38.7. The molecule has 0 aromatic heterocycles. The monoisotopic (exact) mass is 383 g/mol. The van der Waals surface area contributed by atoms with Gasteiger partial charge in [0.1, 0.15) is 0 Å². The van der Waals surface area contributed by atoms with Crippen molar-refractivity contribution in [3.8, 4) is 0 Å². The van der Waals surface area contributed by atoms with Gasteiger partial charge in [-0.3, -0.25) is 4.79 Å². The van der Waals surface area contributed by atoms with Crippen molar-refractivity contribution in [2.45, 2.75) is 26.1 Å². The van der Waals surface area contributed by atoms with Gasteiger partial charge in [0.2, 0.25) is 0 Å². The molecule has 0 aliphatic rings. The summed E-state index contributed by atoms with van der Waals surface area (Å²) in [5, 5.41) is 3.26. The molecular weight excluding hydrogens is 363 g/mol. The van der Waals surface area contributed by atoms with Gasteiger partial charge in [0.15, 0.2) is 5.78 Å². The number of hydrogen-bond donors (Lipinski definition) is 1. The van der Waals surface area contributed by atoms with E-state index < -0.39 is 11.7 Å². The summed E-state index contributed by atoms with van der Waals surface area (Å²) in [6.07, 6.45) is -4.51. The number of para-hydroxylation sites is 1. The molecule has 0 fully saturated rings. The van der Waals surface area contributed by atoms with Crippen LogP contribution in [0.25, 0.3) is 0 Å². The van der Waals surface area contributed by atoms with Crippen molar-refractivity contribution in [3.05, 3.63) is 101 Å². The number of carbonyl (C=O) groups is 1. The summed E-state index contributed by atoms with van der Waals surface area (Å²) in [6, 6.07) is 20.0. The fraction of sp³-hybridized carbons (Fsp3) is 0.174. The predicted molar refractivity (Wildman–Crippen MR) is 104 cm³/mol. The van der Waals surface area contributed by atoms with Crippen LogP contribution in [0.2, 0.25) is 0 Å². The predicted octanol–water partition coefficient (Wildman–Crippen LogP) is 6.05. The Bertz CT molecular complexity index is 979. The molecule has 3 aromatic carbocycles. The zero-order chi connectivity index (χ0) is 20.1. The van der Waals surface area contributed by atoms with Crippen LogP contribution >= 0.6 is 0 Å². The Kier molecular flexibility index (Phi) is 5.83. The maximum absolute atomic E-state index is 12.9. The van der Waals surface area contributed by atoms with E-state index in [1.54, 1.807) is 18.2 Å². The van der Waals surface area contributed by atoms with Gasteiger partial charge in [-0.25, -0.2) is 0 Å². The standard InChI is InChI=1S/C23H20F3NO/c1-16-6-4-8-18(12-16)15-27-21-11-3-2-10-20(21)22(28)14-17-7-5-9-19(13-17)23(24,25)26/h2-13,27H,14-15H2,1H3. The summed E-state index contributed by atoms with van der Waals surface area (Å²) in [5.41, 5.74) is 2.96. The van der Waals surface area contributed by atoms with Gasteiger partial charge in [-0.1, -0.05) is 60.2 Å². The Labute approximate surface area is 162 Å². The molecule has 1 N–H and O–H groups in total. The molecule has 0 heterocycles. The number of alkyl halides is 3. The van der Waals surface area contributed by atoms with E-state index in [0.29, 0.717) is 23.4 Å². The minimum absolute atomic E-state index is 0.0902. The van der Waals surface area contributed by atoms with Gasteiger partial charge >= 0.3 is 6.18 Å². The van der Waals surface area contributed by atoms with Crippen molar-refractivity contribution in [2.24, 2.45) is 0 Å². The number of halogens is 3. The first-order valence-electron chi connectivity index (χ1n) is 8.91. The molecule has 144 valence electrons. The van der Waals surface area contributed by atoms with Crippen LogP contribution < -0.4 is 5.32 Å². The topological polar surface area (TPSA) is 29.1 Å². The molecule has 0 aliphatic heterocycles. The zero-order valence-corrected chi connectivity index (χ0v) is 15.4. The lowest BCUT2D eigenvalue weighted by Crippen LogP contribution is -2.10. The highest BCUT2D eigenvalue weighted by atomic mass is 19.4. The van der Waals surface area contributed by atoms with Crippen LogP contribution in [0.5, 0.6) is 0 Å². The van der Waals surface area contributed by atoms with Crippen molar-refractivity contribution < 1.29 is 18.0 Å². The summed E-state index contributed by atoms with van der Waals surface area (Å²) in [5.74, 6) is -0.230. The van der Waals surface area contributed by atoms with Crippen LogP contribution in [0.4, 0.5) is 18.9 Å². The Morgan fingerprint density at radius 1 is 0.893 bits per heavy atom. The Balaban J connectivity index is 1.76. The molecule has 3 rings (SSSR count). The van der Waals surface area contributed by atoms with Gasteiger partial charge in [-0.2, -0.15) is 13.2 Å². The Morgan fingerprint density at radius 2 is 1.61 bits per heavy atom. The van der Waals surface area contributed by atoms with E-state index in [9.17, 15) is 18.0 Å². The first-order chi connectivity index (χ1) is 13.3. The Hall–Kier alpha value is -3.08. The third-order valence-electron chi connectivity index (χ3n) is 4.41.